The predicted octanol–water partition coefficient (Wildman–Crippen LogP) is 1.26. The van der Waals surface area contributed by atoms with Crippen LogP contribution in [-0.4, -0.2) is 53.6 Å². The Balaban J connectivity index is 2.32. The third kappa shape index (κ3) is 3.12. The minimum absolute atomic E-state index is 0.0129. The van der Waals surface area contributed by atoms with Crippen molar-refractivity contribution in [1.82, 2.24) is 14.5 Å². The van der Waals surface area contributed by atoms with Crippen LogP contribution in [-0.2, 0) is 15.0 Å². The number of hydrogen-bond donors (Lipinski definition) is 1. The molecule has 2 heterocycles. The van der Waals surface area contributed by atoms with Gasteiger partial charge in [-0.05, 0) is 13.8 Å². The lowest BCUT2D eigenvalue weighted by molar-refractivity contribution is -0.147. The van der Waals surface area contributed by atoms with E-state index < -0.39 is 21.6 Å². The van der Waals surface area contributed by atoms with Gasteiger partial charge in [0.1, 0.15) is 0 Å². The van der Waals surface area contributed by atoms with E-state index in [4.69, 9.17) is 28.3 Å². The summed E-state index contributed by atoms with van der Waals surface area (Å²) in [5.74, 6) is -1.08. The van der Waals surface area contributed by atoms with Crippen molar-refractivity contribution in [3.63, 3.8) is 0 Å². The van der Waals surface area contributed by atoms with E-state index in [1.54, 1.807) is 0 Å². The molecule has 8 nitrogen and oxygen atoms in total. The van der Waals surface area contributed by atoms with Gasteiger partial charge in [-0.25, -0.2) is 0 Å². The SMILES string of the molecule is CC(C)(CN1CCN(c2cc(Cl)nnc2Cl)S1(=O)=O)C(=O)O. The first-order valence-electron chi connectivity index (χ1n) is 6.25. The molecule has 0 saturated carbocycles. The highest BCUT2D eigenvalue weighted by Gasteiger charge is 2.42. The summed E-state index contributed by atoms with van der Waals surface area (Å²) in [5, 5.41) is 16.2. The van der Waals surface area contributed by atoms with E-state index in [0.29, 0.717) is 0 Å². The molecular weight excluding hydrogens is 355 g/mol. The van der Waals surface area contributed by atoms with Gasteiger partial charge < -0.3 is 5.11 Å². The molecule has 0 bridgehead atoms. The van der Waals surface area contributed by atoms with Gasteiger partial charge in [0.15, 0.2) is 10.3 Å². The van der Waals surface area contributed by atoms with E-state index in [2.05, 4.69) is 10.2 Å². The van der Waals surface area contributed by atoms with E-state index >= 15 is 0 Å². The number of halogens is 2. The molecule has 0 aliphatic carbocycles. The number of carboxylic acids is 1. The normalized spacial score (nSPS) is 18.6. The number of anilines is 1. The van der Waals surface area contributed by atoms with Crippen molar-refractivity contribution in [2.45, 2.75) is 13.8 Å². The largest absolute Gasteiger partial charge is 0.481 e. The lowest BCUT2D eigenvalue weighted by Crippen LogP contribution is -2.42. The summed E-state index contributed by atoms with van der Waals surface area (Å²) < 4.78 is 27.3. The summed E-state index contributed by atoms with van der Waals surface area (Å²) >= 11 is 11.6. The Morgan fingerprint density at radius 2 is 2.00 bits per heavy atom. The third-order valence-electron chi connectivity index (χ3n) is 3.28. The maximum atomic E-state index is 12.6. The Morgan fingerprint density at radius 3 is 2.59 bits per heavy atom. The summed E-state index contributed by atoms with van der Waals surface area (Å²) in [6.07, 6.45) is 0. The van der Waals surface area contributed by atoms with Gasteiger partial charge >= 0.3 is 16.2 Å². The minimum atomic E-state index is -3.89. The van der Waals surface area contributed by atoms with Crippen LogP contribution in [0.1, 0.15) is 13.8 Å². The molecule has 1 aliphatic rings. The van der Waals surface area contributed by atoms with Crippen LogP contribution < -0.4 is 4.31 Å². The summed E-state index contributed by atoms with van der Waals surface area (Å²) in [4.78, 5) is 11.2. The highest BCUT2D eigenvalue weighted by Crippen LogP contribution is 2.33. The van der Waals surface area contributed by atoms with Crippen LogP contribution in [0.25, 0.3) is 0 Å². The maximum Gasteiger partial charge on any atom is 0.310 e. The van der Waals surface area contributed by atoms with Crippen molar-refractivity contribution in [2.75, 3.05) is 23.9 Å². The minimum Gasteiger partial charge on any atom is -0.481 e. The second-order valence-electron chi connectivity index (χ2n) is 5.45. The maximum absolute atomic E-state index is 12.6. The van der Waals surface area contributed by atoms with Gasteiger partial charge in [0.25, 0.3) is 0 Å². The third-order valence-corrected chi connectivity index (χ3v) is 5.63. The van der Waals surface area contributed by atoms with Gasteiger partial charge in [-0.2, -0.15) is 12.7 Å². The molecule has 0 unspecified atom stereocenters. The van der Waals surface area contributed by atoms with E-state index in [1.807, 2.05) is 0 Å². The first-order chi connectivity index (χ1) is 10.1. The molecule has 122 valence electrons. The fourth-order valence-electron chi connectivity index (χ4n) is 2.01. The number of carbonyl (C=O) groups is 1. The smallest absolute Gasteiger partial charge is 0.310 e. The average Bonchev–Trinajstić information content (AvgIpc) is 2.67. The second kappa shape index (κ2) is 5.80. The molecule has 1 saturated heterocycles. The number of hydrogen-bond acceptors (Lipinski definition) is 5. The van der Waals surface area contributed by atoms with Crippen LogP contribution in [0.4, 0.5) is 5.69 Å². The molecular formula is C11H14Cl2N4O4S. The average molecular weight is 369 g/mol. The van der Waals surface area contributed by atoms with Crippen molar-refractivity contribution in [3.05, 3.63) is 16.4 Å². The highest BCUT2D eigenvalue weighted by atomic mass is 35.5. The molecule has 11 heteroatoms. The molecule has 0 aromatic carbocycles. The molecule has 1 fully saturated rings. The van der Waals surface area contributed by atoms with Crippen molar-refractivity contribution < 1.29 is 18.3 Å². The Morgan fingerprint density at radius 1 is 1.36 bits per heavy atom. The van der Waals surface area contributed by atoms with E-state index in [9.17, 15) is 13.2 Å². The standard InChI is InChI=1S/C11H14Cl2N4O4S/c1-11(2,10(18)19)6-16-3-4-17(22(16,20)21)7-5-8(12)14-15-9(7)13/h5H,3-4,6H2,1-2H3,(H,18,19). The zero-order valence-electron chi connectivity index (χ0n) is 11.8. The van der Waals surface area contributed by atoms with Gasteiger partial charge in [0.2, 0.25) is 0 Å². The van der Waals surface area contributed by atoms with E-state index in [0.717, 1.165) is 8.61 Å². The Kier molecular flexibility index (Phi) is 4.54. The molecule has 0 radical (unpaired) electrons. The first kappa shape index (κ1) is 17.2. The van der Waals surface area contributed by atoms with Crippen molar-refractivity contribution in [3.8, 4) is 0 Å². The Hall–Kier alpha value is -1.16. The molecule has 22 heavy (non-hydrogen) atoms. The molecule has 2 rings (SSSR count). The molecule has 1 aliphatic heterocycles. The molecule has 1 aromatic rings. The molecule has 0 amide bonds. The van der Waals surface area contributed by atoms with Crippen LogP contribution in [0.3, 0.4) is 0 Å². The summed E-state index contributed by atoms with van der Waals surface area (Å²) in [6.45, 7) is 3.05. The number of carboxylic acid groups (broad SMARTS) is 1. The molecule has 1 N–H and O–H groups in total. The first-order valence-corrected chi connectivity index (χ1v) is 8.41. The summed E-state index contributed by atoms with van der Waals surface area (Å²) in [7, 11) is -3.89. The second-order valence-corrected chi connectivity index (χ2v) is 8.04. The Labute approximate surface area is 137 Å². The van der Waals surface area contributed by atoms with Crippen molar-refractivity contribution >= 4 is 45.1 Å². The fourth-order valence-corrected chi connectivity index (χ4v) is 4.17. The summed E-state index contributed by atoms with van der Waals surface area (Å²) in [6, 6.07) is 1.31. The van der Waals surface area contributed by atoms with Gasteiger partial charge in [-0.15, -0.1) is 10.2 Å². The number of aromatic nitrogens is 2. The van der Waals surface area contributed by atoms with E-state index in [1.165, 1.54) is 19.9 Å². The number of aliphatic carboxylic acids is 1. The van der Waals surface area contributed by atoms with Gasteiger partial charge in [-0.3, -0.25) is 9.10 Å². The lowest BCUT2D eigenvalue weighted by atomic mass is 9.94. The topological polar surface area (TPSA) is 104 Å². The van der Waals surface area contributed by atoms with Crippen LogP contribution in [0, 0.1) is 5.41 Å². The number of nitrogens with zero attached hydrogens (tertiary/aromatic N) is 4. The van der Waals surface area contributed by atoms with Crippen LogP contribution in [0.15, 0.2) is 6.07 Å². The molecule has 0 spiro atoms. The summed E-state index contributed by atoms with van der Waals surface area (Å²) in [5.41, 5.74) is -1.08. The van der Waals surface area contributed by atoms with Crippen molar-refractivity contribution in [1.29, 1.82) is 0 Å². The van der Waals surface area contributed by atoms with Gasteiger partial charge in [-0.1, -0.05) is 23.2 Å². The molecule has 1 aromatic heterocycles. The van der Waals surface area contributed by atoms with Gasteiger partial charge in [0.05, 0.1) is 11.1 Å². The van der Waals surface area contributed by atoms with E-state index in [-0.39, 0.29) is 35.6 Å². The van der Waals surface area contributed by atoms with Crippen LogP contribution >= 0.6 is 23.2 Å². The van der Waals surface area contributed by atoms with Gasteiger partial charge in [0, 0.05) is 25.7 Å². The molecule has 0 atom stereocenters. The van der Waals surface area contributed by atoms with Crippen LogP contribution in [0.5, 0.6) is 0 Å². The Bertz CT molecular complexity index is 710. The van der Waals surface area contributed by atoms with Crippen molar-refractivity contribution in [2.24, 2.45) is 5.41 Å². The number of rotatable bonds is 4. The fraction of sp³-hybridized carbons (Fsp3) is 0.545. The lowest BCUT2D eigenvalue weighted by Gasteiger charge is -2.26. The van der Waals surface area contributed by atoms with Crippen LogP contribution in [0.2, 0.25) is 10.3 Å². The zero-order chi connectivity index (χ0) is 16.7. The zero-order valence-corrected chi connectivity index (χ0v) is 14.2. The highest BCUT2D eigenvalue weighted by molar-refractivity contribution is 7.90. The monoisotopic (exact) mass is 368 g/mol. The quantitative estimate of drug-likeness (QED) is 0.857. The predicted molar refractivity (Wildman–Crippen MR) is 81.3 cm³/mol.